The molecule has 0 saturated carbocycles. The number of aryl methyl sites for hydroxylation is 1. The summed E-state index contributed by atoms with van der Waals surface area (Å²) < 4.78 is 7.12. The fourth-order valence-electron chi connectivity index (χ4n) is 2.27. The molecule has 0 aromatic carbocycles. The molecule has 0 bridgehead atoms. The third kappa shape index (κ3) is 5.15. The summed E-state index contributed by atoms with van der Waals surface area (Å²) in [5.74, 6) is 0.498. The van der Waals surface area contributed by atoms with E-state index in [1.165, 1.54) is 0 Å². The largest absolute Gasteiger partial charge is 0.444 e. The Morgan fingerprint density at radius 2 is 1.91 bits per heavy atom. The highest BCUT2D eigenvalue weighted by molar-refractivity contribution is 5.78. The van der Waals surface area contributed by atoms with Crippen molar-refractivity contribution >= 4 is 12.1 Å². The van der Waals surface area contributed by atoms with Crippen molar-refractivity contribution in [2.75, 3.05) is 26.2 Å². The predicted octanol–water partition coefficient (Wildman–Crippen LogP) is 0.788. The van der Waals surface area contributed by atoms with E-state index in [0.717, 1.165) is 5.56 Å². The number of guanidine groups is 1. The van der Waals surface area contributed by atoms with Crippen LogP contribution in [0.3, 0.4) is 0 Å². The number of nitrogens with two attached hydrogens (primary N) is 1. The van der Waals surface area contributed by atoms with Gasteiger partial charge in [0.1, 0.15) is 5.60 Å². The maximum atomic E-state index is 12.0. The summed E-state index contributed by atoms with van der Waals surface area (Å²) in [5, 5.41) is 4.10. The zero-order valence-electron chi connectivity index (χ0n) is 14.3. The molecular formula is C15H26N6O2. The summed E-state index contributed by atoms with van der Waals surface area (Å²) >= 11 is 0. The second kappa shape index (κ2) is 6.89. The van der Waals surface area contributed by atoms with Gasteiger partial charge < -0.3 is 20.3 Å². The Bertz CT molecular complexity index is 567. The van der Waals surface area contributed by atoms with Crippen LogP contribution < -0.4 is 5.73 Å². The van der Waals surface area contributed by atoms with Gasteiger partial charge >= 0.3 is 6.09 Å². The summed E-state index contributed by atoms with van der Waals surface area (Å²) in [6.45, 7) is 8.57. The smallest absolute Gasteiger partial charge is 0.410 e. The van der Waals surface area contributed by atoms with Crippen molar-refractivity contribution in [3.63, 3.8) is 0 Å². The van der Waals surface area contributed by atoms with E-state index in [4.69, 9.17) is 10.5 Å². The Morgan fingerprint density at radius 1 is 1.30 bits per heavy atom. The zero-order chi connectivity index (χ0) is 17.0. The molecule has 0 unspecified atom stereocenters. The molecule has 23 heavy (non-hydrogen) atoms. The Kier molecular flexibility index (Phi) is 5.12. The van der Waals surface area contributed by atoms with Crippen molar-refractivity contribution in [2.24, 2.45) is 17.8 Å². The van der Waals surface area contributed by atoms with Crippen LogP contribution in [0.5, 0.6) is 0 Å². The topological polar surface area (TPSA) is 89.0 Å². The lowest BCUT2D eigenvalue weighted by molar-refractivity contribution is 0.0186. The third-order valence-corrected chi connectivity index (χ3v) is 3.44. The Hall–Kier alpha value is -2.25. The SMILES string of the molecule is Cn1cc(CN=C(N)N2CCN(C(=O)OC(C)(C)C)CC2)cn1. The van der Waals surface area contributed by atoms with E-state index in [0.29, 0.717) is 38.7 Å². The number of hydrogen-bond donors (Lipinski definition) is 1. The first-order chi connectivity index (χ1) is 10.7. The number of rotatable bonds is 2. The lowest BCUT2D eigenvalue weighted by Crippen LogP contribution is -2.53. The molecule has 0 atom stereocenters. The summed E-state index contributed by atoms with van der Waals surface area (Å²) in [5.41, 5.74) is 6.58. The first-order valence-electron chi connectivity index (χ1n) is 7.75. The van der Waals surface area contributed by atoms with Gasteiger partial charge in [-0.2, -0.15) is 5.10 Å². The number of aliphatic imine (C=N–C) groups is 1. The molecule has 0 aliphatic carbocycles. The average Bonchev–Trinajstić information content (AvgIpc) is 2.89. The minimum absolute atomic E-state index is 0.275. The van der Waals surface area contributed by atoms with Crippen LogP contribution in [0, 0.1) is 0 Å². The molecule has 128 valence electrons. The maximum Gasteiger partial charge on any atom is 0.410 e. The first-order valence-corrected chi connectivity index (χ1v) is 7.75. The molecule has 8 heteroatoms. The van der Waals surface area contributed by atoms with Crippen LogP contribution in [0.1, 0.15) is 26.3 Å². The van der Waals surface area contributed by atoms with E-state index in [-0.39, 0.29) is 6.09 Å². The average molecular weight is 322 g/mol. The second-order valence-electron chi connectivity index (χ2n) is 6.65. The molecule has 1 aromatic rings. The van der Waals surface area contributed by atoms with Gasteiger partial charge in [-0.15, -0.1) is 0 Å². The van der Waals surface area contributed by atoms with Gasteiger partial charge in [0.2, 0.25) is 0 Å². The molecule has 2 heterocycles. The van der Waals surface area contributed by atoms with Gasteiger partial charge in [0, 0.05) is 45.0 Å². The van der Waals surface area contributed by atoms with E-state index in [2.05, 4.69) is 10.1 Å². The second-order valence-corrected chi connectivity index (χ2v) is 6.65. The van der Waals surface area contributed by atoms with Crippen molar-refractivity contribution in [2.45, 2.75) is 32.9 Å². The van der Waals surface area contributed by atoms with Gasteiger partial charge in [0.25, 0.3) is 0 Å². The van der Waals surface area contributed by atoms with Crippen LogP contribution in [-0.2, 0) is 18.3 Å². The Morgan fingerprint density at radius 3 is 2.43 bits per heavy atom. The molecule has 1 saturated heterocycles. The number of carbonyl (C=O) groups is 1. The molecule has 2 rings (SSSR count). The fraction of sp³-hybridized carbons (Fsp3) is 0.667. The van der Waals surface area contributed by atoms with Gasteiger partial charge in [0.05, 0.1) is 12.7 Å². The third-order valence-electron chi connectivity index (χ3n) is 3.44. The van der Waals surface area contributed by atoms with Crippen LogP contribution in [0.4, 0.5) is 4.79 Å². The van der Waals surface area contributed by atoms with Crippen molar-refractivity contribution < 1.29 is 9.53 Å². The normalized spacial score (nSPS) is 16.6. The van der Waals surface area contributed by atoms with E-state index in [1.807, 2.05) is 38.9 Å². The highest BCUT2D eigenvalue weighted by Gasteiger charge is 2.26. The van der Waals surface area contributed by atoms with Crippen molar-refractivity contribution in [1.82, 2.24) is 19.6 Å². The molecule has 0 spiro atoms. The molecule has 2 N–H and O–H groups in total. The van der Waals surface area contributed by atoms with E-state index >= 15 is 0 Å². The number of amides is 1. The van der Waals surface area contributed by atoms with Crippen LogP contribution in [0.15, 0.2) is 17.4 Å². The fourth-order valence-corrected chi connectivity index (χ4v) is 2.27. The van der Waals surface area contributed by atoms with Crippen molar-refractivity contribution in [3.8, 4) is 0 Å². The molecule has 1 fully saturated rings. The lowest BCUT2D eigenvalue weighted by atomic mass is 10.2. The maximum absolute atomic E-state index is 12.0. The Balaban J connectivity index is 1.82. The number of hydrogen-bond acceptors (Lipinski definition) is 4. The summed E-state index contributed by atoms with van der Waals surface area (Å²) in [6, 6.07) is 0. The molecule has 1 aliphatic heterocycles. The highest BCUT2D eigenvalue weighted by atomic mass is 16.6. The number of carbonyl (C=O) groups excluding carboxylic acids is 1. The number of ether oxygens (including phenoxy) is 1. The molecule has 0 radical (unpaired) electrons. The van der Waals surface area contributed by atoms with Crippen molar-refractivity contribution in [3.05, 3.63) is 18.0 Å². The number of nitrogens with zero attached hydrogens (tertiary/aromatic N) is 5. The zero-order valence-corrected chi connectivity index (χ0v) is 14.3. The summed E-state index contributed by atoms with van der Waals surface area (Å²) in [7, 11) is 1.87. The monoisotopic (exact) mass is 322 g/mol. The van der Waals surface area contributed by atoms with Crippen LogP contribution in [0.25, 0.3) is 0 Å². The van der Waals surface area contributed by atoms with E-state index < -0.39 is 5.60 Å². The molecule has 8 nitrogen and oxygen atoms in total. The molecular weight excluding hydrogens is 296 g/mol. The van der Waals surface area contributed by atoms with Gasteiger partial charge in [0.15, 0.2) is 5.96 Å². The van der Waals surface area contributed by atoms with Gasteiger partial charge in [-0.1, -0.05) is 0 Å². The minimum atomic E-state index is -0.474. The predicted molar refractivity (Wildman–Crippen MR) is 87.9 cm³/mol. The first kappa shape index (κ1) is 17.1. The molecule has 1 aromatic heterocycles. The number of aromatic nitrogens is 2. The molecule has 1 aliphatic rings. The van der Waals surface area contributed by atoms with Gasteiger partial charge in [-0.25, -0.2) is 9.79 Å². The number of piperazine rings is 1. The van der Waals surface area contributed by atoms with Crippen LogP contribution in [-0.4, -0.2) is 63.4 Å². The quantitative estimate of drug-likeness (QED) is 0.642. The lowest BCUT2D eigenvalue weighted by Gasteiger charge is -2.36. The summed E-state index contributed by atoms with van der Waals surface area (Å²) in [6.07, 6.45) is 3.41. The van der Waals surface area contributed by atoms with Crippen molar-refractivity contribution in [1.29, 1.82) is 0 Å². The standard InChI is InChI=1S/C15H26N6O2/c1-15(2,3)23-14(22)21-7-5-20(6-8-21)13(16)17-9-12-10-18-19(4)11-12/h10-11H,5-9H2,1-4H3,(H2,16,17). The Labute approximate surface area is 136 Å². The van der Waals surface area contributed by atoms with E-state index in [1.54, 1.807) is 15.8 Å². The van der Waals surface area contributed by atoms with Gasteiger partial charge in [-0.05, 0) is 20.8 Å². The van der Waals surface area contributed by atoms with Gasteiger partial charge in [-0.3, -0.25) is 4.68 Å². The van der Waals surface area contributed by atoms with Crippen LogP contribution >= 0.6 is 0 Å². The summed E-state index contributed by atoms with van der Waals surface area (Å²) in [4.78, 5) is 20.1. The molecule has 1 amide bonds. The van der Waals surface area contributed by atoms with Crippen LogP contribution in [0.2, 0.25) is 0 Å². The highest BCUT2D eigenvalue weighted by Crippen LogP contribution is 2.12. The minimum Gasteiger partial charge on any atom is -0.444 e. The van der Waals surface area contributed by atoms with E-state index in [9.17, 15) is 4.79 Å².